The first-order valence-corrected chi connectivity index (χ1v) is 6.74. The number of benzene rings is 1. The molecular formula is C14H19FN2O2. The molecular weight excluding hydrogens is 247 g/mol. The fraction of sp³-hybridized carbons (Fsp3) is 0.571. The maximum Gasteiger partial charge on any atom is 0.186 e. The van der Waals surface area contributed by atoms with Gasteiger partial charge in [-0.2, -0.15) is 0 Å². The summed E-state index contributed by atoms with van der Waals surface area (Å²) in [5.41, 5.74) is 6.93. The average molecular weight is 266 g/mol. The summed E-state index contributed by atoms with van der Waals surface area (Å²) in [6, 6.07) is 5.18. The Hall–Kier alpha value is -1.17. The van der Waals surface area contributed by atoms with E-state index in [1.807, 2.05) is 11.0 Å². The minimum atomic E-state index is -0.531. The van der Waals surface area contributed by atoms with Crippen LogP contribution in [0.3, 0.4) is 0 Å². The van der Waals surface area contributed by atoms with E-state index in [0.29, 0.717) is 32.0 Å². The Morgan fingerprint density at radius 3 is 2.79 bits per heavy atom. The van der Waals surface area contributed by atoms with Crippen LogP contribution in [0.5, 0.6) is 0 Å². The quantitative estimate of drug-likeness (QED) is 0.884. The summed E-state index contributed by atoms with van der Waals surface area (Å²) in [5.74, 6) is -0.755. The van der Waals surface area contributed by atoms with E-state index in [1.165, 1.54) is 6.07 Å². The largest absolute Gasteiger partial charge is 0.364 e. The summed E-state index contributed by atoms with van der Waals surface area (Å²) >= 11 is 0. The van der Waals surface area contributed by atoms with Gasteiger partial charge >= 0.3 is 0 Å². The molecule has 0 saturated carbocycles. The van der Waals surface area contributed by atoms with E-state index in [2.05, 4.69) is 0 Å². The second kappa shape index (κ2) is 5.07. The van der Waals surface area contributed by atoms with Crippen molar-refractivity contribution in [2.45, 2.75) is 25.2 Å². The Balaban J connectivity index is 1.81. The van der Waals surface area contributed by atoms with Crippen LogP contribution in [0.2, 0.25) is 0 Å². The van der Waals surface area contributed by atoms with Crippen molar-refractivity contribution in [2.24, 2.45) is 5.73 Å². The minimum absolute atomic E-state index is 0.224. The number of nitrogens with two attached hydrogens (primary N) is 1. The van der Waals surface area contributed by atoms with E-state index in [1.54, 1.807) is 6.07 Å². The van der Waals surface area contributed by atoms with E-state index in [-0.39, 0.29) is 5.82 Å². The number of hydrogen-bond acceptors (Lipinski definition) is 4. The van der Waals surface area contributed by atoms with Gasteiger partial charge in [-0.05, 0) is 24.1 Å². The van der Waals surface area contributed by atoms with Gasteiger partial charge in [0.25, 0.3) is 0 Å². The van der Waals surface area contributed by atoms with E-state index < -0.39 is 5.79 Å². The molecule has 2 aliphatic heterocycles. The van der Waals surface area contributed by atoms with Gasteiger partial charge in [0.2, 0.25) is 0 Å². The summed E-state index contributed by atoms with van der Waals surface area (Å²) in [7, 11) is 0. The van der Waals surface area contributed by atoms with E-state index in [4.69, 9.17) is 15.2 Å². The third kappa shape index (κ3) is 2.45. The summed E-state index contributed by atoms with van der Waals surface area (Å²) < 4.78 is 25.5. The molecule has 0 radical (unpaired) electrons. The molecule has 2 fully saturated rings. The van der Waals surface area contributed by atoms with Crippen molar-refractivity contribution in [1.29, 1.82) is 0 Å². The van der Waals surface area contributed by atoms with Crippen LogP contribution in [-0.2, 0) is 16.0 Å². The first kappa shape index (κ1) is 12.8. The fourth-order valence-electron chi connectivity index (χ4n) is 2.86. The predicted octanol–water partition coefficient (Wildman–Crippen LogP) is 1.63. The lowest BCUT2D eigenvalue weighted by Crippen LogP contribution is -2.49. The van der Waals surface area contributed by atoms with Crippen molar-refractivity contribution >= 4 is 5.69 Å². The Bertz CT molecular complexity index is 461. The molecule has 104 valence electrons. The molecule has 19 heavy (non-hydrogen) atoms. The Labute approximate surface area is 112 Å². The zero-order valence-electron chi connectivity index (χ0n) is 10.9. The molecule has 3 rings (SSSR count). The van der Waals surface area contributed by atoms with Crippen molar-refractivity contribution in [2.75, 3.05) is 31.2 Å². The first-order chi connectivity index (χ1) is 9.22. The highest BCUT2D eigenvalue weighted by molar-refractivity contribution is 5.50. The highest BCUT2D eigenvalue weighted by atomic mass is 19.1. The molecule has 2 saturated heterocycles. The molecule has 0 unspecified atom stereocenters. The summed E-state index contributed by atoms with van der Waals surface area (Å²) in [4.78, 5) is 2.00. The standard InChI is InChI=1S/C14H19FN2O2/c15-12-8-11(9-16)2-3-13(12)17-5-1-4-14(10-17)18-6-7-19-14/h2-3,8H,1,4-7,9-10,16H2. The molecule has 0 amide bonds. The minimum Gasteiger partial charge on any atom is -0.364 e. The van der Waals surface area contributed by atoms with Crippen molar-refractivity contribution in [1.82, 2.24) is 0 Å². The van der Waals surface area contributed by atoms with Crippen molar-refractivity contribution < 1.29 is 13.9 Å². The Morgan fingerprint density at radius 1 is 1.32 bits per heavy atom. The van der Waals surface area contributed by atoms with Gasteiger partial charge in [0.1, 0.15) is 5.82 Å². The number of halogens is 1. The van der Waals surface area contributed by atoms with Gasteiger partial charge in [-0.15, -0.1) is 0 Å². The molecule has 0 bridgehead atoms. The number of ether oxygens (including phenoxy) is 2. The number of nitrogens with zero attached hydrogens (tertiary/aromatic N) is 1. The molecule has 1 spiro atoms. The lowest BCUT2D eigenvalue weighted by atomic mass is 10.0. The van der Waals surface area contributed by atoms with Crippen molar-refractivity contribution in [3.05, 3.63) is 29.6 Å². The van der Waals surface area contributed by atoms with Crippen LogP contribution < -0.4 is 10.6 Å². The molecule has 5 heteroatoms. The average Bonchev–Trinajstić information content (AvgIpc) is 2.86. The van der Waals surface area contributed by atoms with Gasteiger partial charge < -0.3 is 20.1 Å². The maximum atomic E-state index is 14.1. The Morgan fingerprint density at radius 2 is 2.11 bits per heavy atom. The molecule has 2 heterocycles. The van der Waals surface area contributed by atoms with Crippen LogP contribution >= 0.6 is 0 Å². The molecule has 2 N–H and O–H groups in total. The summed E-state index contributed by atoms with van der Waals surface area (Å²) in [6.45, 7) is 3.03. The second-order valence-electron chi connectivity index (χ2n) is 5.12. The zero-order valence-corrected chi connectivity index (χ0v) is 10.9. The number of rotatable bonds is 2. The lowest BCUT2D eigenvalue weighted by molar-refractivity contribution is -0.161. The molecule has 0 aliphatic carbocycles. The monoisotopic (exact) mass is 266 g/mol. The second-order valence-corrected chi connectivity index (χ2v) is 5.12. The fourth-order valence-corrected chi connectivity index (χ4v) is 2.86. The molecule has 2 aliphatic rings. The van der Waals surface area contributed by atoms with Crippen LogP contribution in [0.4, 0.5) is 10.1 Å². The highest BCUT2D eigenvalue weighted by Gasteiger charge is 2.41. The van der Waals surface area contributed by atoms with E-state index in [0.717, 1.165) is 24.9 Å². The first-order valence-electron chi connectivity index (χ1n) is 6.74. The highest BCUT2D eigenvalue weighted by Crippen LogP contribution is 2.33. The van der Waals surface area contributed by atoms with Crippen LogP contribution in [0, 0.1) is 5.82 Å². The van der Waals surface area contributed by atoms with Gasteiger partial charge in [-0.25, -0.2) is 4.39 Å². The molecule has 1 aromatic carbocycles. The van der Waals surface area contributed by atoms with Gasteiger partial charge in [-0.1, -0.05) is 6.07 Å². The van der Waals surface area contributed by atoms with Crippen LogP contribution in [0.25, 0.3) is 0 Å². The zero-order chi connectivity index (χ0) is 13.3. The van der Waals surface area contributed by atoms with Crippen LogP contribution in [-0.4, -0.2) is 32.1 Å². The SMILES string of the molecule is NCc1ccc(N2CCCC3(C2)OCCO3)c(F)c1. The lowest BCUT2D eigenvalue weighted by Gasteiger charge is -2.39. The molecule has 0 atom stereocenters. The summed E-state index contributed by atoms with van der Waals surface area (Å²) in [6.07, 6.45) is 1.82. The van der Waals surface area contributed by atoms with Crippen LogP contribution in [0.15, 0.2) is 18.2 Å². The van der Waals surface area contributed by atoms with Crippen molar-refractivity contribution in [3.8, 4) is 0 Å². The van der Waals surface area contributed by atoms with Gasteiger partial charge in [0, 0.05) is 19.5 Å². The smallest absolute Gasteiger partial charge is 0.186 e. The predicted molar refractivity (Wildman–Crippen MR) is 70.4 cm³/mol. The van der Waals surface area contributed by atoms with Gasteiger partial charge in [0.15, 0.2) is 5.79 Å². The maximum absolute atomic E-state index is 14.1. The number of hydrogen-bond donors (Lipinski definition) is 1. The number of anilines is 1. The van der Waals surface area contributed by atoms with Crippen molar-refractivity contribution in [3.63, 3.8) is 0 Å². The summed E-state index contributed by atoms with van der Waals surface area (Å²) in [5, 5.41) is 0. The van der Waals surface area contributed by atoms with Gasteiger partial charge in [0.05, 0.1) is 25.4 Å². The molecule has 0 aromatic heterocycles. The Kier molecular flexibility index (Phi) is 3.43. The van der Waals surface area contributed by atoms with Crippen LogP contribution in [0.1, 0.15) is 18.4 Å². The molecule has 4 nitrogen and oxygen atoms in total. The number of piperidine rings is 1. The van der Waals surface area contributed by atoms with E-state index >= 15 is 0 Å². The van der Waals surface area contributed by atoms with Gasteiger partial charge in [-0.3, -0.25) is 0 Å². The topological polar surface area (TPSA) is 47.7 Å². The third-order valence-corrected chi connectivity index (χ3v) is 3.82. The normalized spacial score (nSPS) is 22.1. The molecule has 1 aromatic rings. The van der Waals surface area contributed by atoms with E-state index in [9.17, 15) is 4.39 Å². The third-order valence-electron chi connectivity index (χ3n) is 3.82.